The quantitative estimate of drug-likeness (QED) is 0.164. The molecule has 0 aromatic heterocycles. The first-order valence-corrected chi connectivity index (χ1v) is 15.1. The molecule has 0 aliphatic rings. The highest BCUT2D eigenvalue weighted by Crippen LogP contribution is 2.36. The van der Waals surface area contributed by atoms with Gasteiger partial charge in [-0.05, 0) is 90.9 Å². The molecule has 0 bridgehead atoms. The van der Waals surface area contributed by atoms with Crippen LogP contribution in [0.2, 0.25) is 0 Å². The van der Waals surface area contributed by atoms with Gasteiger partial charge in [-0.3, -0.25) is 0 Å². The molecule has 0 saturated heterocycles. The molecule has 0 saturated carbocycles. The fraction of sp³-hybridized carbons (Fsp3) is 0.444. The van der Waals surface area contributed by atoms with Crippen molar-refractivity contribution in [2.75, 3.05) is 18.1 Å². The van der Waals surface area contributed by atoms with E-state index in [0.717, 1.165) is 60.2 Å². The molecule has 0 fully saturated rings. The number of unbranched alkanes of at least 4 members (excludes halogenated alkanes) is 2. The van der Waals surface area contributed by atoms with Gasteiger partial charge in [-0.1, -0.05) is 91.0 Å². The molecule has 0 N–H and O–H groups in total. The minimum atomic E-state index is 0.615. The lowest BCUT2D eigenvalue weighted by atomic mass is 10.0. The molecule has 210 valence electrons. The number of hydrogen-bond donors (Lipinski definition) is 0. The van der Waals surface area contributed by atoms with Gasteiger partial charge in [-0.25, -0.2) is 0 Å². The summed E-state index contributed by atoms with van der Waals surface area (Å²) < 4.78 is 12.4. The predicted octanol–water partition coefficient (Wildman–Crippen LogP) is 11.0. The monoisotopic (exact) mass is 527 g/mol. The van der Waals surface area contributed by atoms with Crippen molar-refractivity contribution in [1.82, 2.24) is 0 Å². The van der Waals surface area contributed by atoms with Crippen molar-refractivity contribution in [2.24, 2.45) is 11.8 Å². The molecule has 0 aliphatic heterocycles. The number of nitrogens with zero attached hydrogens (tertiary/aromatic N) is 1. The third-order valence-corrected chi connectivity index (χ3v) is 7.63. The Morgan fingerprint density at radius 1 is 0.615 bits per heavy atom. The van der Waals surface area contributed by atoms with Gasteiger partial charge in [0.25, 0.3) is 0 Å². The first kappa shape index (κ1) is 30.3. The van der Waals surface area contributed by atoms with Crippen LogP contribution in [0.5, 0.6) is 11.5 Å². The van der Waals surface area contributed by atoms with Crippen LogP contribution >= 0.6 is 0 Å². The van der Waals surface area contributed by atoms with E-state index in [1.165, 1.54) is 38.5 Å². The second-order valence-corrected chi connectivity index (χ2v) is 10.6. The Balaban J connectivity index is 1.77. The number of hydrogen-bond acceptors (Lipinski definition) is 3. The van der Waals surface area contributed by atoms with Gasteiger partial charge in [0.05, 0.1) is 13.2 Å². The zero-order valence-corrected chi connectivity index (χ0v) is 24.7. The zero-order valence-electron chi connectivity index (χ0n) is 24.7. The molecule has 3 nitrogen and oxygen atoms in total. The molecule has 3 heteroatoms. The number of ether oxygens (including phenoxy) is 2. The Morgan fingerprint density at radius 3 is 1.33 bits per heavy atom. The second-order valence-electron chi connectivity index (χ2n) is 10.6. The molecular weight excluding hydrogens is 478 g/mol. The standard InChI is InChI=1S/C36H49NO2/c1-6-11-13-30(9-4)27-38-35-23-19-33(20-24-35)37(32-17-15-29(8-3)16-18-32)34-21-25-36(26-22-34)39-28-31(10-5)14-12-7-2/h8,15-26,30-31H,3,6-7,9-14,27-28H2,1-2,4-5H3. The summed E-state index contributed by atoms with van der Waals surface area (Å²) in [6, 6.07) is 25.4. The summed E-state index contributed by atoms with van der Waals surface area (Å²) >= 11 is 0. The van der Waals surface area contributed by atoms with Crippen molar-refractivity contribution in [3.63, 3.8) is 0 Å². The van der Waals surface area contributed by atoms with Crippen LogP contribution in [0.4, 0.5) is 17.1 Å². The summed E-state index contributed by atoms with van der Waals surface area (Å²) in [5.74, 6) is 3.08. The van der Waals surface area contributed by atoms with E-state index < -0.39 is 0 Å². The molecule has 2 unspecified atom stereocenters. The maximum atomic E-state index is 6.18. The highest BCUT2D eigenvalue weighted by atomic mass is 16.5. The van der Waals surface area contributed by atoms with Crippen molar-refractivity contribution in [2.45, 2.75) is 79.1 Å². The van der Waals surface area contributed by atoms with E-state index in [1.54, 1.807) is 0 Å². The number of rotatable bonds is 18. The topological polar surface area (TPSA) is 21.7 Å². The zero-order chi connectivity index (χ0) is 27.9. The number of anilines is 3. The molecule has 2 atom stereocenters. The minimum absolute atomic E-state index is 0.615. The first-order chi connectivity index (χ1) is 19.1. The van der Waals surface area contributed by atoms with Gasteiger partial charge in [-0.2, -0.15) is 0 Å². The van der Waals surface area contributed by atoms with Crippen LogP contribution in [0.15, 0.2) is 79.4 Å². The second kappa shape index (κ2) is 16.7. The normalized spacial score (nSPS) is 12.5. The Labute approximate surface area is 237 Å². The van der Waals surface area contributed by atoms with Gasteiger partial charge in [0, 0.05) is 17.1 Å². The summed E-state index contributed by atoms with van der Waals surface area (Å²) in [4.78, 5) is 2.27. The molecule has 0 spiro atoms. The van der Waals surface area contributed by atoms with Crippen molar-refractivity contribution in [3.05, 3.63) is 84.9 Å². The maximum absolute atomic E-state index is 6.18. The summed E-state index contributed by atoms with van der Waals surface area (Å²) in [5, 5.41) is 0. The molecule has 0 radical (unpaired) electrons. The first-order valence-electron chi connectivity index (χ1n) is 15.1. The van der Waals surface area contributed by atoms with Gasteiger partial charge in [0.2, 0.25) is 0 Å². The van der Waals surface area contributed by atoms with Crippen molar-refractivity contribution in [3.8, 4) is 11.5 Å². The van der Waals surface area contributed by atoms with Crippen LogP contribution in [0.25, 0.3) is 6.08 Å². The average Bonchev–Trinajstić information content (AvgIpc) is 2.99. The number of benzene rings is 3. The minimum Gasteiger partial charge on any atom is -0.493 e. The van der Waals surface area contributed by atoms with Gasteiger partial charge < -0.3 is 14.4 Å². The Hall–Kier alpha value is -3.20. The molecular formula is C36H49NO2. The van der Waals surface area contributed by atoms with E-state index in [4.69, 9.17) is 9.47 Å². The van der Waals surface area contributed by atoms with Crippen molar-refractivity contribution < 1.29 is 9.47 Å². The summed E-state index contributed by atoms with van der Waals surface area (Å²) in [6.07, 6.45) is 11.7. The average molecular weight is 528 g/mol. The van der Waals surface area contributed by atoms with E-state index in [0.29, 0.717) is 11.8 Å². The van der Waals surface area contributed by atoms with Gasteiger partial charge >= 0.3 is 0 Å². The molecule has 0 aliphatic carbocycles. The molecule has 0 amide bonds. The van der Waals surface area contributed by atoms with E-state index in [9.17, 15) is 0 Å². The van der Waals surface area contributed by atoms with E-state index >= 15 is 0 Å². The molecule has 3 aromatic rings. The van der Waals surface area contributed by atoms with E-state index in [1.807, 2.05) is 6.08 Å². The van der Waals surface area contributed by atoms with E-state index in [-0.39, 0.29) is 0 Å². The van der Waals surface area contributed by atoms with Crippen molar-refractivity contribution >= 4 is 23.1 Å². The SMILES string of the molecule is C=Cc1ccc(N(c2ccc(OCC(CC)CCCC)cc2)c2ccc(OCC(CC)CCCC)cc2)cc1. The Bertz CT molecular complexity index is 1010. The Kier molecular flexibility index (Phi) is 13.0. The lowest BCUT2D eigenvalue weighted by molar-refractivity contribution is 0.233. The van der Waals surface area contributed by atoms with Crippen LogP contribution in [0.1, 0.15) is 84.6 Å². The van der Waals surface area contributed by atoms with Crippen LogP contribution in [-0.2, 0) is 0 Å². The predicted molar refractivity (Wildman–Crippen MR) is 169 cm³/mol. The molecule has 3 aromatic carbocycles. The molecule has 39 heavy (non-hydrogen) atoms. The fourth-order valence-electron chi connectivity index (χ4n) is 4.81. The third-order valence-electron chi connectivity index (χ3n) is 7.63. The highest BCUT2D eigenvalue weighted by Gasteiger charge is 2.14. The van der Waals surface area contributed by atoms with Gasteiger partial charge in [-0.15, -0.1) is 0 Å². The fourth-order valence-corrected chi connectivity index (χ4v) is 4.81. The smallest absolute Gasteiger partial charge is 0.119 e. The molecule has 0 heterocycles. The van der Waals surface area contributed by atoms with E-state index in [2.05, 4.69) is 112 Å². The maximum Gasteiger partial charge on any atom is 0.119 e. The highest BCUT2D eigenvalue weighted by molar-refractivity contribution is 5.77. The third kappa shape index (κ3) is 9.49. The van der Waals surface area contributed by atoms with Crippen LogP contribution in [0, 0.1) is 11.8 Å². The van der Waals surface area contributed by atoms with Crippen LogP contribution < -0.4 is 14.4 Å². The van der Waals surface area contributed by atoms with Gasteiger partial charge in [0.1, 0.15) is 11.5 Å². The summed E-state index contributed by atoms with van der Waals surface area (Å²) in [5.41, 5.74) is 4.38. The summed E-state index contributed by atoms with van der Waals surface area (Å²) in [7, 11) is 0. The van der Waals surface area contributed by atoms with Gasteiger partial charge in [0.15, 0.2) is 0 Å². The largest absolute Gasteiger partial charge is 0.493 e. The van der Waals surface area contributed by atoms with Crippen LogP contribution in [-0.4, -0.2) is 13.2 Å². The summed E-state index contributed by atoms with van der Waals surface area (Å²) in [6.45, 7) is 14.5. The van der Waals surface area contributed by atoms with Crippen molar-refractivity contribution in [1.29, 1.82) is 0 Å². The molecule has 3 rings (SSSR count). The lowest BCUT2D eigenvalue weighted by Crippen LogP contribution is -2.12. The van der Waals surface area contributed by atoms with Crippen LogP contribution in [0.3, 0.4) is 0 Å². The lowest BCUT2D eigenvalue weighted by Gasteiger charge is -2.26. The Morgan fingerprint density at radius 2 is 1.00 bits per heavy atom.